The maximum atomic E-state index is 13.9. The predicted molar refractivity (Wildman–Crippen MR) is 242 cm³/mol. The summed E-state index contributed by atoms with van der Waals surface area (Å²) >= 11 is 0. The Kier molecular flexibility index (Phi) is 23.4. The lowest BCUT2D eigenvalue weighted by Crippen LogP contribution is -2.56. The first-order valence-electron chi connectivity index (χ1n) is 20.9. The molecule has 22 nitrogen and oxygen atoms in total. The number of amidine groups is 1. The summed E-state index contributed by atoms with van der Waals surface area (Å²) in [5.41, 5.74) is 9.22. The SMILES string of the molecule is CN(C)S(=O)(=O)N[C@@H]1Cc2ccc(cc2)NC(=O)CN2CCN(CC2)CC(=O)Nc2ccc(cc2)C[C@@H](C(=O)NCc2ccc(C(=N)N)cc2)NC1=O.O=C(O)C(F)(F)F.O=C(O)C(F)(F)F.O=C(O)C(F)(F)F. The molecule has 6 aliphatic heterocycles. The van der Waals surface area contributed by atoms with Gasteiger partial charge in [-0.25, -0.2) is 14.4 Å². The van der Waals surface area contributed by atoms with Gasteiger partial charge >= 0.3 is 36.4 Å². The number of amides is 4. The van der Waals surface area contributed by atoms with Crippen molar-refractivity contribution >= 4 is 69.0 Å². The van der Waals surface area contributed by atoms with Gasteiger partial charge in [0.15, 0.2) is 0 Å². The number of benzene rings is 3. The number of hydrogen-bond donors (Lipinski definition) is 10. The fraction of sp³-hybridized carbons (Fsp3) is 0.381. The van der Waals surface area contributed by atoms with E-state index in [2.05, 4.69) is 26.0 Å². The van der Waals surface area contributed by atoms with Crippen LogP contribution < -0.4 is 31.7 Å². The van der Waals surface area contributed by atoms with Crippen LogP contribution in [0.4, 0.5) is 50.9 Å². The topological polar surface area (TPSA) is 334 Å². The van der Waals surface area contributed by atoms with Crippen molar-refractivity contribution in [2.75, 3.05) is 64.0 Å². The molecule has 3 aromatic carbocycles. The zero-order valence-electron chi connectivity index (χ0n) is 38.7. The average Bonchev–Trinajstić information content (AvgIpc) is 3.29. The summed E-state index contributed by atoms with van der Waals surface area (Å²) in [4.78, 5) is 84.1. The van der Waals surface area contributed by atoms with E-state index >= 15 is 0 Å². The van der Waals surface area contributed by atoms with Gasteiger partial charge in [-0.3, -0.25) is 34.4 Å². The van der Waals surface area contributed by atoms with Crippen LogP contribution in [0.5, 0.6) is 0 Å². The van der Waals surface area contributed by atoms with E-state index in [1.807, 2.05) is 9.80 Å². The molecule has 9 rings (SSSR count). The van der Waals surface area contributed by atoms with Crippen molar-refractivity contribution in [1.29, 1.82) is 5.41 Å². The lowest BCUT2D eigenvalue weighted by atomic mass is 10.0. The second kappa shape index (κ2) is 27.6. The zero-order chi connectivity index (χ0) is 56.4. The minimum Gasteiger partial charge on any atom is -0.475 e. The van der Waals surface area contributed by atoms with Crippen molar-refractivity contribution in [3.63, 3.8) is 0 Å². The van der Waals surface area contributed by atoms with Crippen molar-refractivity contribution in [3.05, 3.63) is 95.1 Å². The fourth-order valence-electron chi connectivity index (χ4n) is 5.90. The number of hydrogen-bond acceptors (Lipinski definition) is 12. The average molecular weight is 1090 g/mol. The third-order valence-electron chi connectivity index (χ3n) is 9.73. The summed E-state index contributed by atoms with van der Waals surface area (Å²) in [5, 5.41) is 40.4. The summed E-state index contributed by atoms with van der Waals surface area (Å²) in [7, 11) is -1.41. The van der Waals surface area contributed by atoms with Crippen LogP contribution >= 0.6 is 0 Å². The number of carboxylic acid groups (broad SMARTS) is 3. The number of nitrogens with zero attached hydrogens (tertiary/aromatic N) is 3. The van der Waals surface area contributed by atoms with Gasteiger partial charge in [-0.1, -0.05) is 48.5 Å². The third-order valence-corrected chi connectivity index (χ3v) is 11.3. The fourth-order valence-corrected chi connectivity index (χ4v) is 6.66. The number of fused-ring (bicyclic) bond motifs is 1. The molecule has 0 aliphatic carbocycles. The van der Waals surface area contributed by atoms with Gasteiger partial charge in [0.05, 0.1) is 13.1 Å². The lowest BCUT2D eigenvalue weighted by Gasteiger charge is -2.33. The van der Waals surface area contributed by atoms with Gasteiger partial charge < -0.3 is 42.3 Å². The molecule has 6 heterocycles. The van der Waals surface area contributed by atoms with Crippen molar-refractivity contribution in [2.24, 2.45) is 5.73 Å². The summed E-state index contributed by atoms with van der Waals surface area (Å²) in [6.07, 6.45) is -15.2. The number of piperazine rings is 1. The Morgan fingerprint density at radius 2 is 1.04 bits per heavy atom. The van der Waals surface area contributed by atoms with Crippen LogP contribution in [0.2, 0.25) is 0 Å². The largest absolute Gasteiger partial charge is 0.490 e. The first-order valence-corrected chi connectivity index (χ1v) is 22.3. The second-order valence-electron chi connectivity index (χ2n) is 15.7. The summed E-state index contributed by atoms with van der Waals surface area (Å²) in [5.74, 6) is -9.98. The maximum absolute atomic E-state index is 13.9. The molecule has 6 bridgehead atoms. The number of nitrogens with one attached hydrogen (secondary N) is 6. The Morgan fingerprint density at radius 1 is 0.676 bits per heavy atom. The Bertz CT molecular complexity index is 2490. The minimum atomic E-state index is -5.08. The molecular formula is C42H49F9N10O12S. The van der Waals surface area contributed by atoms with Crippen LogP contribution in [0.25, 0.3) is 0 Å². The first kappa shape index (κ1) is 62.7. The van der Waals surface area contributed by atoms with Gasteiger partial charge in [-0.05, 0) is 47.4 Å². The highest BCUT2D eigenvalue weighted by atomic mass is 32.2. The summed E-state index contributed by atoms with van der Waals surface area (Å²) in [6.45, 7) is 3.01. The van der Waals surface area contributed by atoms with Crippen LogP contribution in [0.1, 0.15) is 22.3 Å². The molecule has 3 aromatic rings. The smallest absolute Gasteiger partial charge is 0.475 e. The van der Waals surface area contributed by atoms with Crippen molar-refractivity contribution in [1.82, 2.24) is 29.5 Å². The van der Waals surface area contributed by atoms with Gasteiger partial charge in [-0.2, -0.15) is 57.0 Å². The molecule has 1 saturated heterocycles. The van der Waals surface area contributed by atoms with E-state index in [9.17, 15) is 67.1 Å². The molecule has 74 heavy (non-hydrogen) atoms. The third kappa shape index (κ3) is 23.0. The lowest BCUT2D eigenvalue weighted by molar-refractivity contribution is -0.193. The van der Waals surface area contributed by atoms with Gasteiger partial charge in [0.1, 0.15) is 17.9 Å². The van der Waals surface area contributed by atoms with E-state index < -0.39 is 70.5 Å². The number of carbonyl (C=O) groups is 7. The van der Waals surface area contributed by atoms with Crippen LogP contribution in [0, 0.1) is 5.41 Å². The molecule has 0 saturated carbocycles. The van der Waals surface area contributed by atoms with E-state index in [-0.39, 0.29) is 50.1 Å². The van der Waals surface area contributed by atoms with Gasteiger partial charge in [-0.15, -0.1) is 0 Å². The van der Waals surface area contributed by atoms with E-state index in [0.717, 1.165) is 9.87 Å². The predicted octanol–water partition coefficient (Wildman–Crippen LogP) is 1.73. The van der Waals surface area contributed by atoms with Crippen LogP contribution in [-0.4, -0.2) is 169 Å². The number of rotatable bonds is 7. The first-order chi connectivity index (χ1) is 34.1. The monoisotopic (exact) mass is 1090 g/mol. The molecule has 1 fully saturated rings. The van der Waals surface area contributed by atoms with Crippen molar-refractivity contribution in [3.8, 4) is 0 Å². The molecule has 4 amide bonds. The molecule has 11 N–H and O–H groups in total. The molecule has 408 valence electrons. The normalized spacial score (nSPS) is 18.7. The second-order valence-corrected chi connectivity index (χ2v) is 17.6. The number of nitrogens with two attached hydrogens (primary N) is 1. The Balaban J connectivity index is 0.000000746. The number of halogens is 9. The number of carboxylic acids is 3. The number of nitrogen functional groups attached to an aromatic ring is 1. The summed E-state index contributed by atoms with van der Waals surface area (Å²) in [6, 6.07) is 18.1. The van der Waals surface area contributed by atoms with E-state index in [1.54, 1.807) is 72.8 Å². The molecule has 0 spiro atoms. The molecule has 32 heteroatoms. The van der Waals surface area contributed by atoms with Crippen molar-refractivity contribution in [2.45, 2.75) is 50.0 Å². The van der Waals surface area contributed by atoms with Gasteiger partial charge in [0.25, 0.3) is 10.2 Å². The Morgan fingerprint density at radius 3 is 1.38 bits per heavy atom. The van der Waals surface area contributed by atoms with Gasteiger partial charge in [0, 0.05) is 70.2 Å². The molecule has 0 radical (unpaired) electrons. The number of anilines is 2. The Labute approximate surface area is 414 Å². The highest BCUT2D eigenvalue weighted by Crippen LogP contribution is 2.17. The molecule has 2 atom stereocenters. The van der Waals surface area contributed by atoms with E-state index in [4.69, 9.17) is 40.8 Å². The van der Waals surface area contributed by atoms with Gasteiger partial charge in [0.2, 0.25) is 23.6 Å². The number of carbonyl (C=O) groups excluding carboxylic acids is 4. The molecule has 6 aliphatic rings. The standard InChI is InChI=1S/C36H46N10O6S.3C2HF3O2/c1-44(2)53(51,52)43-31-20-25-7-13-29(14-8-25)41-33(48)23-46-17-15-45(16-18-46)22-32(47)40-28-11-5-24(6-12-28)19-30(42-36(31)50)35(49)39-21-26-3-9-27(10-4-26)34(37)38;3*3-2(4,5)1(6)7/h3-14,30-31,43H,15-23H2,1-2H3,(H3,37,38)(H,39,49)(H,40,47)(H,41,48)(H,42,50);3*(H,6,7)/t30-,31+;;;/m0.../s1. The molecule has 0 aromatic heterocycles. The molecule has 0 unspecified atom stereocenters. The van der Waals surface area contributed by atoms with Crippen LogP contribution in [0.15, 0.2) is 72.8 Å². The minimum absolute atomic E-state index is 0.0529. The van der Waals surface area contributed by atoms with Crippen LogP contribution in [-0.2, 0) is 63.2 Å². The highest BCUT2D eigenvalue weighted by Gasteiger charge is 2.39. The zero-order valence-corrected chi connectivity index (χ0v) is 39.5. The molecular weight excluding hydrogens is 1040 g/mol. The van der Waals surface area contributed by atoms with Crippen molar-refractivity contribution < 1.29 is 96.8 Å². The quantitative estimate of drug-likeness (QED) is 0.0915. The van der Waals surface area contributed by atoms with E-state index in [0.29, 0.717) is 54.2 Å². The number of aliphatic carboxylic acids is 3. The summed E-state index contributed by atoms with van der Waals surface area (Å²) < 4.78 is 125. The van der Waals surface area contributed by atoms with E-state index in [1.165, 1.54) is 14.1 Å². The highest BCUT2D eigenvalue weighted by molar-refractivity contribution is 7.87. The van der Waals surface area contributed by atoms with Crippen LogP contribution in [0.3, 0.4) is 0 Å². The Hall–Kier alpha value is -7.42. The number of alkyl halides is 9. The maximum Gasteiger partial charge on any atom is 0.490 e.